The van der Waals surface area contributed by atoms with E-state index in [1.54, 1.807) is 12.1 Å². The van der Waals surface area contributed by atoms with Crippen LogP contribution in [0.2, 0.25) is 0 Å². The molecule has 1 unspecified atom stereocenters. The van der Waals surface area contributed by atoms with Crippen molar-refractivity contribution in [2.45, 2.75) is 50.6 Å². The first-order chi connectivity index (χ1) is 14.0. The Morgan fingerprint density at radius 3 is 2.31 bits per heavy atom. The van der Waals surface area contributed by atoms with Crippen molar-refractivity contribution in [2.24, 2.45) is 17.8 Å². The van der Waals surface area contributed by atoms with E-state index in [0.717, 1.165) is 54.0 Å². The summed E-state index contributed by atoms with van der Waals surface area (Å²) in [5, 5.41) is 2.85. The summed E-state index contributed by atoms with van der Waals surface area (Å²) in [5.74, 6) is 2.18. The normalized spacial score (nSPS) is 35.4. The van der Waals surface area contributed by atoms with Crippen LogP contribution in [0, 0.1) is 23.6 Å². The van der Waals surface area contributed by atoms with E-state index in [-0.39, 0.29) is 23.2 Å². The average Bonchev–Trinajstić information content (AvgIpc) is 2.66. The predicted molar refractivity (Wildman–Crippen MR) is 106 cm³/mol. The van der Waals surface area contributed by atoms with Gasteiger partial charge in [0.25, 0.3) is 11.8 Å². The lowest BCUT2D eigenvalue weighted by molar-refractivity contribution is -0.885. The molecule has 6 heteroatoms. The van der Waals surface area contributed by atoms with Gasteiger partial charge in [-0.1, -0.05) is 12.1 Å². The number of carbonyl (C=O) groups excluding carboxylic acids is 2. The first kappa shape index (κ1) is 19.0. The number of hydrogen-bond acceptors (Lipinski definition) is 2. The van der Waals surface area contributed by atoms with Gasteiger partial charge in [-0.05, 0) is 74.0 Å². The number of amides is 2. The second-order valence-electron chi connectivity index (χ2n) is 9.95. The molecule has 156 valence electrons. The molecule has 1 saturated heterocycles. The minimum atomic E-state index is -0.245. The number of hydrogen-bond donors (Lipinski definition) is 2. The molecule has 4 saturated carbocycles. The molecule has 1 aliphatic heterocycles. The zero-order valence-electron chi connectivity index (χ0n) is 17.0. The SMILES string of the molecule is O=C1C[NH+](CC(=O)N(Cc2ccc(F)cc2)C23CC4CC(CC(C4)C2)C3)CCN1. The Hall–Kier alpha value is -1.95. The number of nitrogens with zero attached hydrogens (tertiary/aromatic N) is 1. The molecule has 6 rings (SSSR count). The van der Waals surface area contributed by atoms with Crippen LogP contribution in [0.3, 0.4) is 0 Å². The number of quaternary nitrogens is 1. The third-order valence-corrected chi connectivity index (χ3v) is 7.75. The minimum Gasteiger partial charge on any atom is -0.346 e. The van der Waals surface area contributed by atoms with Crippen molar-refractivity contribution in [3.8, 4) is 0 Å². The lowest BCUT2D eigenvalue weighted by Gasteiger charge is -2.60. The third kappa shape index (κ3) is 3.79. The molecular formula is C23H31FN3O2+. The maximum absolute atomic E-state index is 13.6. The zero-order chi connectivity index (χ0) is 20.0. The van der Waals surface area contributed by atoms with E-state index < -0.39 is 0 Å². The molecule has 29 heavy (non-hydrogen) atoms. The molecule has 4 bridgehead atoms. The van der Waals surface area contributed by atoms with Crippen LogP contribution in [-0.2, 0) is 16.1 Å². The maximum atomic E-state index is 13.6. The number of piperazine rings is 1. The van der Waals surface area contributed by atoms with Gasteiger partial charge in [0.15, 0.2) is 13.1 Å². The van der Waals surface area contributed by atoms with Gasteiger partial charge in [-0.15, -0.1) is 0 Å². The van der Waals surface area contributed by atoms with Crippen molar-refractivity contribution in [3.05, 3.63) is 35.6 Å². The van der Waals surface area contributed by atoms with Crippen LogP contribution in [0.15, 0.2) is 24.3 Å². The molecule has 5 aliphatic rings. The smallest absolute Gasteiger partial charge is 0.278 e. The number of halogens is 1. The molecule has 2 N–H and O–H groups in total. The van der Waals surface area contributed by atoms with E-state index in [9.17, 15) is 14.0 Å². The topological polar surface area (TPSA) is 53.9 Å². The fourth-order valence-electron chi connectivity index (χ4n) is 6.91. The number of carbonyl (C=O) groups is 2. The van der Waals surface area contributed by atoms with Crippen LogP contribution in [0.1, 0.15) is 44.1 Å². The Balaban J connectivity index is 1.40. The van der Waals surface area contributed by atoms with Gasteiger partial charge in [0, 0.05) is 12.1 Å². The van der Waals surface area contributed by atoms with Crippen LogP contribution in [0.4, 0.5) is 4.39 Å². The summed E-state index contributed by atoms with van der Waals surface area (Å²) in [4.78, 5) is 28.6. The molecule has 4 aliphatic carbocycles. The average molecular weight is 401 g/mol. The van der Waals surface area contributed by atoms with Crippen molar-refractivity contribution >= 4 is 11.8 Å². The van der Waals surface area contributed by atoms with Crippen molar-refractivity contribution < 1.29 is 18.9 Å². The highest BCUT2D eigenvalue weighted by atomic mass is 19.1. The Morgan fingerprint density at radius 1 is 1.10 bits per heavy atom. The van der Waals surface area contributed by atoms with Crippen molar-refractivity contribution in [3.63, 3.8) is 0 Å². The lowest BCUT2D eigenvalue weighted by Crippen LogP contribution is -3.16. The highest BCUT2D eigenvalue weighted by molar-refractivity contribution is 5.80. The molecular weight excluding hydrogens is 369 g/mol. The summed E-state index contributed by atoms with van der Waals surface area (Å²) < 4.78 is 13.4. The van der Waals surface area contributed by atoms with Gasteiger partial charge < -0.3 is 15.1 Å². The Bertz CT molecular complexity index is 759. The van der Waals surface area contributed by atoms with Crippen LogP contribution in [0.5, 0.6) is 0 Å². The fourth-order valence-corrected chi connectivity index (χ4v) is 6.91. The van der Waals surface area contributed by atoms with Gasteiger partial charge in [0.1, 0.15) is 5.82 Å². The summed E-state index contributed by atoms with van der Waals surface area (Å²) in [6.07, 6.45) is 7.32. The molecule has 1 atom stereocenters. The summed E-state index contributed by atoms with van der Waals surface area (Å²) in [6, 6.07) is 6.57. The van der Waals surface area contributed by atoms with Crippen LogP contribution in [-0.4, -0.2) is 48.4 Å². The van der Waals surface area contributed by atoms with E-state index in [1.165, 1.54) is 31.4 Å². The number of nitrogens with one attached hydrogen (secondary N) is 2. The molecule has 1 aromatic carbocycles. The fraction of sp³-hybridized carbons (Fsp3) is 0.652. The van der Waals surface area contributed by atoms with Crippen LogP contribution in [0.25, 0.3) is 0 Å². The van der Waals surface area contributed by atoms with E-state index in [1.807, 2.05) is 0 Å². The molecule has 5 fully saturated rings. The molecule has 1 aromatic rings. The van der Waals surface area contributed by atoms with E-state index in [0.29, 0.717) is 26.2 Å². The summed E-state index contributed by atoms with van der Waals surface area (Å²) in [7, 11) is 0. The second-order valence-corrected chi connectivity index (χ2v) is 9.95. The largest absolute Gasteiger partial charge is 0.346 e. The molecule has 5 nitrogen and oxygen atoms in total. The van der Waals surface area contributed by atoms with Gasteiger partial charge in [-0.3, -0.25) is 9.59 Å². The highest BCUT2D eigenvalue weighted by Crippen LogP contribution is 2.58. The van der Waals surface area contributed by atoms with E-state index in [4.69, 9.17) is 0 Å². The number of rotatable bonds is 5. The molecule has 0 aromatic heterocycles. The second kappa shape index (κ2) is 7.38. The first-order valence-electron chi connectivity index (χ1n) is 11.1. The standard InChI is InChI=1S/C23H30FN3O2/c24-20-3-1-16(2-4-20)13-27(22(29)15-26-6-5-25-21(28)14-26)23-10-17-7-18(11-23)9-19(8-17)12-23/h1-4,17-19H,5-15H2,(H,25,28)/p+1. The molecule has 2 amide bonds. The van der Waals surface area contributed by atoms with Gasteiger partial charge in [-0.25, -0.2) is 4.39 Å². The highest BCUT2D eigenvalue weighted by Gasteiger charge is 2.54. The summed E-state index contributed by atoms with van der Waals surface area (Å²) in [6.45, 7) is 2.72. The van der Waals surface area contributed by atoms with Crippen LogP contribution >= 0.6 is 0 Å². The van der Waals surface area contributed by atoms with Gasteiger partial charge >= 0.3 is 0 Å². The van der Waals surface area contributed by atoms with Crippen molar-refractivity contribution in [2.75, 3.05) is 26.2 Å². The third-order valence-electron chi connectivity index (χ3n) is 7.75. The molecule has 0 radical (unpaired) electrons. The maximum Gasteiger partial charge on any atom is 0.278 e. The monoisotopic (exact) mass is 400 g/mol. The Labute approximate surface area is 171 Å². The van der Waals surface area contributed by atoms with E-state index in [2.05, 4.69) is 10.2 Å². The molecule has 1 heterocycles. The van der Waals surface area contributed by atoms with E-state index >= 15 is 0 Å². The lowest BCUT2D eigenvalue weighted by atomic mass is 9.52. The van der Waals surface area contributed by atoms with Crippen molar-refractivity contribution in [1.82, 2.24) is 10.2 Å². The van der Waals surface area contributed by atoms with Crippen molar-refractivity contribution in [1.29, 1.82) is 0 Å². The van der Waals surface area contributed by atoms with Gasteiger partial charge in [0.2, 0.25) is 0 Å². The number of benzene rings is 1. The summed E-state index contributed by atoms with van der Waals surface area (Å²) >= 11 is 0. The van der Waals surface area contributed by atoms with Gasteiger partial charge in [-0.2, -0.15) is 0 Å². The quantitative estimate of drug-likeness (QED) is 0.779. The Morgan fingerprint density at radius 2 is 1.72 bits per heavy atom. The molecule has 0 spiro atoms. The van der Waals surface area contributed by atoms with Gasteiger partial charge in [0.05, 0.1) is 13.1 Å². The van der Waals surface area contributed by atoms with Crippen LogP contribution < -0.4 is 10.2 Å². The predicted octanol–water partition coefficient (Wildman–Crippen LogP) is 1.14. The summed E-state index contributed by atoms with van der Waals surface area (Å²) in [5.41, 5.74) is 0.944. The Kier molecular flexibility index (Phi) is 4.85. The first-order valence-corrected chi connectivity index (χ1v) is 11.1. The minimum absolute atomic E-state index is 0.0268. The zero-order valence-corrected chi connectivity index (χ0v) is 17.0.